The first-order valence-corrected chi connectivity index (χ1v) is 7.93. The Labute approximate surface area is 138 Å². The number of nitrogens with zero attached hydrogens (tertiary/aromatic N) is 1. The lowest BCUT2D eigenvalue weighted by atomic mass is 10.1. The molecule has 2 rings (SSSR count). The molecular weight excluding hydrogens is 288 g/mol. The standard InChI is InChI=1S/C19H26N2O2/c1-22-18-12-17(13-19(14-18)23-2)15-21(11-9-20)10-8-16-6-4-3-5-7-16/h3-7,12-14H,8-11,15,20H2,1-2H3. The van der Waals surface area contributed by atoms with E-state index < -0.39 is 0 Å². The first kappa shape index (κ1) is 17.3. The third kappa shape index (κ3) is 5.58. The molecule has 4 nitrogen and oxygen atoms in total. The minimum absolute atomic E-state index is 0.649. The zero-order valence-electron chi connectivity index (χ0n) is 14.0. The highest BCUT2D eigenvalue weighted by atomic mass is 16.5. The summed E-state index contributed by atoms with van der Waals surface area (Å²) in [6.07, 6.45) is 1.02. The molecule has 0 aliphatic heterocycles. The normalized spacial score (nSPS) is 10.8. The lowest BCUT2D eigenvalue weighted by molar-refractivity contribution is 0.275. The molecule has 0 amide bonds. The third-order valence-corrected chi connectivity index (χ3v) is 3.82. The summed E-state index contributed by atoms with van der Waals surface area (Å²) in [6.45, 7) is 3.32. The fourth-order valence-corrected chi connectivity index (χ4v) is 2.60. The molecule has 0 atom stereocenters. The molecule has 0 fully saturated rings. The Balaban J connectivity index is 2.03. The Morgan fingerprint density at radius 2 is 1.52 bits per heavy atom. The Hall–Kier alpha value is -2.04. The molecular formula is C19H26N2O2. The summed E-state index contributed by atoms with van der Waals surface area (Å²) in [5.74, 6) is 1.63. The van der Waals surface area contributed by atoms with Gasteiger partial charge in [-0.3, -0.25) is 4.90 Å². The van der Waals surface area contributed by atoms with Crippen molar-refractivity contribution in [3.05, 3.63) is 59.7 Å². The number of hydrogen-bond donors (Lipinski definition) is 1. The molecule has 0 aliphatic rings. The Morgan fingerprint density at radius 1 is 0.870 bits per heavy atom. The first-order valence-electron chi connectivity index (χ1n) is 7.93. The van der Waals surface area contributed by atoms with Gasteiger partial charge in [-0.05, 0) is 29.7 Å². The molecule has 0 spiro atoms. The summed E-state index contributed by atoms with van der Waals surface area (Å²) in [4.78, 5) is 2.36. The van der Waals surface area contributed by atoms with Crippen LogP contribution in [0.1, 0.15) is 11.1 Å². The zero-order valence-corrected chi connectivity index (χ0v) is 14.0. The van der Waals surface area contributed by atoms with E-state index in [0.29, 0.717) is 6.54 Å². The van der Waals surface area contributed by atoms with Gasteiger partial charge in [0.15, 0.2) is 0 Å². The van der Waals surface area contributed by atoms with Crippen LogP contribution in [-0.4, -0.2) is 38.8 Å². The van der Waals surface area contributed by atoms with Gasteiger partial charge in [-0.15, -0.1) is 0 Å². The minimum Gasteiger partial charge on any atom is -0.497 e. The molecule has 124 valence electrons. The van der Waals surface area contributed by atoms with E-state index in [1.54, 1.807) is 14.2 Å². The van der Waals surface area contributed by atoms with Crippen molar-refractivity contribution >= 4 is 0 Å². The van der Waals surface area contributed by atoms with Crippen molar-refractivity contribution < 1.29 is 9.47 Å². The van der Waals surface area contributed by atoms with Gasteiger partial charge in [0.25, 0.3) is 0 Å². The van der Waals surface area contributed by atoms with Crippen molar-refractivity contribution in [3.8, 4) is 11.5 Å². The van der Waals surface area contributed by atoms with Crippen LogP contribution in [0.2, 0.25) is 0 Å². The molecule has 2 N–H and O–H groups in total. The van der Waals surface area contributed by atoms with Crippen LogP contribution in [0.25, 0.3) is 0 Å². The second-order valence-electron chi connectivity index (χ2n) is 5.52. The number of benzene rings is 2. The second kappa shape index (κ2) is 9.18. The first-order chi connectivity index (χ1) is 11.2. The van der Waals surface area contributed by atoms with Crippen molar-refractivity contribution in [3.63, 3.8) is 0 Å². The van der Waals surface area contributed by atoms with Gasteiger partial charge in [-0.2, -0.15) is 0 Å². The lowest BCUT2D eigenvalue weighted by Gasteiger charge is -2.22. The van der Waals surface area contributed by atoms with Crippen molar-refractivity contribution in [2.24, 2.45) is 5.73 Å². The highest BCUT2D eigenvalue weighted by molar-refractivity contribution is 5.38. The molecule has 2 aromatic rings. The van der Waals surface area contributed by atoms with Crippen LogP contribution in [0, 0.1) is 0 Å². The number of rotatable bonds is 9. The molecule has 0 bridgehead atoms. The number of methoxy groups -OCH3 is 2. The summed E-state index contributed by atoms with van der Waals surface area (Å²) >= 11 is 0. The van der Waals surface area contributed by atoms with Crippen molar-refractivity contribution in [1.82, 2.24) is 4.90 Å². The van der Waals surface area contributed by atoms with Crippen LogP contribution in [0.15, 0.2) is 48.5 Å². The largest absolute Gasteiger partial charge is 0.497 e. The average molecular weight is 314 g/mol. The Morgan fingerprint density at radius 3 is 2.09 bits per heavy atom. The summed E-state index contributed by atoms with van der Waals surface area (Å²) < 4.78 is 10.7. The van der Waals surface area contributed by atoms with Crippen molar-refractivity contribution in [1.29, 1.82) is 0 Å². The number of nitrogens with two attached hydrogens (primary N) is 1. The topological polar surface area (TPSA) is 47.7 Å². The van der Waals surface area contributed by atoms with E-state index in [1.807, 2.05) is 12.1 Å². The minimum atomic E-state index is 0.649. The maximum atomic E-state index is 5.77. The van der Waals surface area contributed by atoms with Gasteiger partial charge in [0.05, 0.1) is 14.2 Å². The molecule has 0 unspecified atom stereocenters. The van der Waals surface area contributed by atoms with E-state index in [-0.39, 0.29) is 0 Å². The summed E-state index contributed by atoms with van der Waals surface area (Å²) in [6, 6.07) is 16.5. The van der Waals surface area contributed by atoms with Crippen LogP contribution in [0.3, 0.4) is 0 Å². The van der Waals surface area contributed by atoms with Gasteiger partial charge in [0.1, 0.15) is 11.5 Å². The van der Waals surface area contributed by atoms with Gasteiger partial charge in [-0.25, -0.2) is 0 Å². The molecule has 0 aromatic heterocycles. The average Bonchev–Trinajstić information content (AvgIpc) is 2.60. The molecule has 0 heterocycles. The monoisotopic (exact) mass is 314 g/mol. The van der Waals surface area contributed by atoms with E-state index in [0.717, 1.165) is 37.6 Å². The third-order valence-electron chi connectivity index (χ3n) is 3.82. The molecule has 0 aliphatic carbocycles. The zero-order chi connectivity index (χ0) is 16.5. The van der Waals surface area contributed by atoms with E-state index in [4.69, 9.17) is 15.2 Å². The van der Waals surface area contributed by atoms with Crippen LogP contribution < -0.4 is 15.2 Å². The summed E-state index contributed by atoms with van der Waals surface area (Å²) in [7, 11) is 3.34. The van der Waals surface area contributed by atoms with Crippen molar-refractivity contribution in [2.75, 3.05) is 33.9 Å². The smallest absolute Gasteiger partial charge is 0.122 e. The molecule has 0 saturated heterocycles. The van der Waals surface area contributed by atoms with Gasteiger partial charge in [0, 0.05) is 32.2 Å². The van der Waals surface area contributed by atoms with Gasteiger partial charge in [-0.1, -0.05) is 30.3 Å². The number of ether oxygens (including phenoxy) is 2. The fraction of sp³-hybridized carbons (Fsp3) is 0.368. The van der Waals surface area contributed by atoms with Gasteiger partial charge >= 0.3 is 0 Å². The summed E-state index contributed by atoms with van der Waals surface area (Å²) in [5.41, 5.74) is 8.29. The predicted molar refractivity (Wildman–Crippen MR) is 94.0 cm³/mol. The predicted octanol–water partition coefficient (Wildman–Crippen LogP) is 2.71. The maximum Gasteiger partial charge on any atom is 0.122 e. The van der Waals surface area contributed by atoms with Crippen LogP contribution in [0.5, 0.6) is 11.5 Å². The van der Waals surface area contributed by atoms with Crippen LogP contribution in [0.4, 0.5) is 0 Å². The van der Waals surface area contributed by atoms with E-state index in [9.17, 15) is 0 Å². The highest BCUT2D eigenvalue weighted by Crippen LogP contribution is 2.23. The molecule has 23 heavy (non-hydrogen) atoms. The fourth-order valence-electron chi connectivity index (χ4n) is 2.60. The lowest BCUT2D eigenvalue weighted by Crippen LogP contribution is -2.31. The van der Waals surface area contributed by atoms with E-state index in [2.05, 4.69) is 41.3 Å². The van der Waals surface area contributed by atoms with Crippen LogP contribution in [-0.2, 0) is 13.0 Å². The molecule has 0 saturated carbocycles. The van der Waals surface area contributed by atoms with E-state index >= 15 is 0 Å². The number of hydrogen-bond acceptors (Lipinski definition) is 4. The Bertz CT molecular complexity index is 565. The SMILES string of the molecule is COc1cc(CN(CCN)CCc2ccccc2)cc(OC)c1. The van der Waals surface area contributed by atoms with Gasteiger partial charge in [0.2, 0.25) is 0 Å². The highest BCUT2D eigenvalue weighted by Gasteiger charge is 2.08. The molecule has 0 radical (unpaired) electrons. The van der Waals surface area contributed by atoms with Crippen molar-refractivity contribution in [2.45, 2.75) is 13.0 Å². The van der Waals surface area contributed by atoms with Gasteiger partial charge < -0.3 is 15.2 Å². The quantitative estimate of drug-likeness (QED) is 0.773. The second-order valence-corrected chi connectivity index (χ2v) is 5.52. The summed E-state index contributed by atoms with van der Waals surface area (Å²) in [5, 5.41) is 0. The molecule has 2 aromatic carbocycles. The van der Waals surface area contributed by atoms with Crippen LogP contribution >= 0.6 is 0 Å². The molecule has 4 heteroatoms. The van der Waals surface area contributed by atoms with E-state index in [1.165, 1.54) is 11.1 Å². The Kier molecular flexibility index (Phi) is 6.91. The maximum absolute atomic E-state index is 5.77.